The summed E-state index contributed by atoms with van der Waals surface area (Å²) in [6.45, 7) is 0. The largest absolute Gasteiger partial charge is 2.00 e. The van der Waals surface area contributed by atoms with Crippen molar-refractivity contribution >= 4 is 23.8 Å². The summed E-state index contributed by atoms with van der Waals surface area (Å²) in [5.41, 5.74) is 0. The second kappa shape index (κ2) is 7.49. The zero-order chi connectivity index (χ0) is 12.9. The first-order chi connectivity index (χ1) is 9.45. The van der Waals surface area contributed by atoms with Gasteiger partial charge < -0.3 is 0 Å². The van der Waals surface area contributed by atoms with Crippen molar-refractivity contribution < 1.29 is 19.8 Å². The number of hydrogen-bond acceptors (Lipinski definition) is 0. The summed E-state index contributed by atoms with van der Waals surface area (Å²) in [6, 6.07) is 32.3. The fourth-order valence-electron chi connectivity index (χ4n) is 2.18. The zero-order valence-electron chi connectivity index (χ0n) is 11.0. The molecule has 0 N–H and O–H groups in total. The van der Waals surface area contributed by atoms with Gasteiger partial charge >= 0.3 is 19.8 Å². The van der Waals surface area contributed by atoms with E-state index in [0.717, 1.165) is 0 Å². The number of rotatable bonds is 3. The van der Waals surface area contributed by atoms with E-state index in [1.165, 1.54) is 15.9 Å². The summed E-state index contributed by atoms with van der Waals surface area (Å²) in [6.07, 6.45) is 0. The second-order valence-electron chi connectivity index (χ2n) is 4.34. The van der Waals surface area contributed by atoms with E-state index in [2.05, 4.69) is 91.0 Å². The molecule has 2 heteroatoms. The van der Waals surface area contributed by atoms with Crippen molar-refractivity contribution in [1.29, 1.82) is 0 Å². The van der Waals surface area contributed by atoms with Gasteiger partial charge in [0.2, 0.25) is 0 Å². The minimum absolute atomic E-state index is 0. The van der Waals surface area contributed by atoms with Crippen LogP contribution in [-0.2, 0) is 19.8 Å². The molecular weight excluding hydrogens is 437 g/mol. The molecule has 0 saturated carbocycles. The van der Waals surface area contributed by atoms with Crippen LogP contribution in [0.4, 0.5) is 0 Å². The molecule has 0 atom stereocenters. The van der Waals surface area contributed by atoms with Crippen molar-refractivity contribution in [3.8, 4) is 0 Å². The Morgan fingerprint density at radius 3 is 0.900 bits per heavy atom. The molecule has 3 aromatic rings. The first kappa shape index (κ1) is 15.1. The molecule has 3 rings (SSSR count). The minimum Gasteiger partial charge on any atom is -0.0622 e. The van der Waals surface area contributed by atoms with Crippen molar-refractivity contribution in [1.82, 2.24) is 0 Å². The molecule has 0 heterocycles. The SMILES string of the molecule is [Os+2].c1ccc(P(c2ccccc2)c2ccccc2)cc1. The molecule has 0 saturated heterocycles. The summed E-state index contributed by atoms with van der Waals surface area (Å²) in [4.78, 5) is 0. The zero-order valence-corrected chi connectivity index (χ0v) is 14.4. The average molecular weight is 453 g/mol. The molecule has 0 aliphatic heterocycles. The van der Waals surface area contributed by atoms with E-state index in [1.807, 2.05) is 0 Å². The van der Waals surface area contributed by atoms with Gasteiger partial charge in [0, 0.05) is 0 Å². The molecular formula is C18H15OsP+2. The molecule has 0 fully saturated rings. The summed E-state index contributed by atoms with van der Waals surface area (Å²) >= 11 is 0. The Bertz CT molecular complexity index is 529. The molecule has 0 bridgehead atoms. The van der Waals surface area contributed by atoms with Crippen LogP contribution in [0.5, 0.6) is 0 Å². The fourth-order valence-corrected chi connectivity index (χ4v) is 4.48. The van der Waals surface area contributed by atoms with E-state index in [1.54, 1.807) is 0 Å². The van der Waals surface area contributed by atoms with E-state index in [0.29, 0.717) is 0 Å². The van der Waals surface area contributed by atoms with Gasteiger partial charge in [-0.15, -0.1) is 0 Å². The molecule has 0 nitrogen and oxygen atoms in total. The molecule has 0 aliphatic carbocycles. The van der Waals surface area contributed by atoms with Gasteiger partial charge in [-0.25, -0.2) is 0 Å². The Labute approximate surface area is 134 Å². The van der Waals surface area contributed by atoms with E-state index >= 15 is 0 Å². The van der Waals surface area contributed by atoms with E-state index < -0.39 is 7.92 Å². The van der Waals surface area contributed by atoms with Crippen LogP contribution in [-0.4, -0.2) is 0 Å². The van der Waals surface area contributed by atoms with E-state index in [4.69, 9.17) is 0 Å². The molecule has 98 valence electrons. The quantitative estimate of drug-likeness (QED) is 0.534. The van der Waals surface area contributed by atoms with Crippen molar-refractivity contribution in [3.63, 3.8) is 0 Å². The summed E-state index contributed by atoms with van der Waals surface area (Å²) in [7, 11) is -0.446. The monoisotopic (exact) mass is 454 g/mol. The molecule has 0 aromatic heterocycles. The number of benzene rings is 3. The van der Waals surface area contributed by atoms with Gasteiger partial charge in [0.05, 0.1) is 0 Å². The first-order valence-corrected chi connectivity index (χ1v) is 7.74. The Morgan fingerprint density at radius 1 is 0.400 bits per heavy atom. The molecule has 0 radical (unpaired) electrons. The van der Waals surface area contributed by atoms with Crippen LogP contribution in [0.15, 0.2) is 91.0 Å². The Hall–Kier alpha value is -1.27. The molecule has 20 heavy (non-hydrogen) atoms. The maximum absolute atomic E-state index is 2.23. The van der Waals surface area contributed by atoms with Crippen molar-refractivity contribution in [2.45, 2.75) is 0 Å². The Morgan fingerprint density at radius 2 is 0.650 bits per heavy atom. The third-order valence-electron chi connectivity index (χ3n) is 3.04. The second-order valence-corrected chi connectivity index (χ2v) is 6.56. The van der Waals surface area contributed by atoms with Crippen LogP contribution in [0.25, 0.3) is 0 Å². The molecule has 3 aromatic carbocycles. The third kappa shape index (κ3) is 3.43. The smallest absolute Gasteiger partial charge is 0.0622 e. The summed E-state index contributed by atoms with van der Waals surface area (Å²) in [5, 5.41) is 4.19. The average Bonchev–Trinajstić information content (AvgIpc) is 2.51. The normalized spacial score (nSPS) is 10.1. The van der Waals surface area contributed by atoms with Gasteiger partial charge in [-0.2, -0.15) is 0 Å². The standard InChI is InChI=1S/C18H15P.Os/c1-4-10-16(11-5-1)19(17-12-6-2-7-13-17)18-14-8-3-9-15-18;/h1-15H;/q;+2. The molecule has 0 aliphatic rings. The van der Waals surface area contributed by atoms with Gasteiger partial charge in [0.15, 0.2) is 0 Å². The predicted molar refractivity (Wildman–Crippen MR) is 85.1 cm³/mol. The van der Waals surface area contributed by atoms with Crippen molar-refractivity contribution in [2.24, 2.45) is 0 Å². The maximum Gasteiger partial charge on any atom is 2.00 e. The van der Waals surface area contributed by atoms with Gasteiger partial charge in [-0.05, 0) is 23.8 Å². The van der Waals surface area contributed by atoms with Gasteiger partial charge in [0.1, 0.15) is 0 Å². The van der Waals surface area contributed by atoms with Crippen LogP contribution in [0.1, 0.15) is 0 Å². The molecule has 0 spiro atoms. The molecule has 0 unspecified atom stereocenters. The Kier molecular flexibility index (Phi) is 5.67. The Balaban J connectivity index is 0.00000147. The minimum atomic E-state index is -0.446. The van der Waals surface area contributed by atoms with Crippen molar-refractivity contribution in [3.05, 3.63) is 91.0 Å². The first-order valence-electron chi connectivity index (χ1n) is 6.40. The third-order valence-corrected chi connectivity index (χ3v) is 5.49. The molecule has 0 amide bonds. The summed E-state index contributed by atoms with van der Waals surface area (Å²) < 4.78 is 0. The van der Waals surface area contributed by atoms with Crippen LogP contribution in [0, 0.1) is 0 Å². The van der Waals surface area contributed by atoms with Gasteiger partial charge in [-0.1, -0.05) is 91.0 Å². The van der Waals surface area contributed by atoms with E-state index in [9.17, 15) is 0 Å². The van der Waals surface area contributed by atoms with Crippen LogP contribution in [0.2, 0.25) is 0 Å². The maximum atomic E-state index is 2.23. The predicted octanol–water partition coefficient (Wildman–Crippen LogP) is 3.44. The topological polar surface area (TPSA) is 0 Å². The summed E-state index contributed by atoms with van der Waals surface area (Å²) in [5.74, 6) is 0. The van der Waals surface area contributed by atoms with Gasteiger partial charge in [0.25, 0.3) is 0 Å². The van der Waals surface area contributed by atoms with E-state index in [-0.39, 0.29) is 19.8 Å². The fraction of sp³-hybridized carbons (Fsp3) is 0. The van der Waals surface area contributed by atoms with Crippen LogP contribution >= 0.6 is 7.92 Å². The van der Waals surface area contributed by atoms with Crippen molar-refractivity contribution in [2.75, 3.05) is 0 Å². The van der Waals surface area contributed by atoms with Gasteiger partial charge in [-0.3, -0.25) is 0 Å². The number of hydrogen-bond donors (Lipinski definition) is 0. The van der Waals surface area contributed by atoms with Crippen LogP contribution in [0.3, 0.4) is 0 Å². The van der Waals surface area contributed by atoms with Crippen LogP contribution < -0.4 is 15.9 Å².